The fourth-order valence-corrected chi connectivity index (χ4v) is 3.18. The molecular formula is C21H24N6O3. The Hall–Kier alpha value is -3.62. The van der Waals surface area contributed by atoms with E-state index >= 15 is 0 Å². The van der Waals surface area contributed by atoms with E-state index < -0.39 is 0 Å². The number of ether oxygens (including phenoxy) is 1. The highest BCUT2D eigenvalue weighted by atomic mass is 16.5. The lowest BCUT2D eigenvalue weighted by Gasteiger charge is -2.08. The molecule has 0 spiro atoms. The first-order chi connectivity index (χ1) is 14.7. The van der Waals surface area contributed by atoms with Crippen molar-refractivity contribution in [2.75, 3.05) is 13.7 Å². The molecule has 0 bridgehead atoms. The summed E-state index contributed by atoms with van der Waals surface area (Å²) in [5.74, 6) is 1.39. The summed E-state index contributed by atoms with van der Waals surface area (Å²) in [4.78, 5) is 29.0. The van der Waals surface area contributed by atoms with Gasteiger partial charge >= 0.3 is 11.7 Å². The number of hydrogen-bond donors (Lipinski definition) is 2. The van der Waals surface area contributed by atoms with Gasteiger partial charge in [-0.1, -0.05) is 12.1 Å². The third-order valence-corrected chi connectivity index (χ3v) is 4.92. The van der Waals surface area contributed by atoms with Gasteiger partial charge in [-0.15, -0.1) is 5.10 Å². The number of carbonyl (C=O) groups excluding carboxylic acids is 1. The second-order valence-electron chi connectivity index (χ2n) is 7.13. The molecule has 30 heavy (non-hydrogen) atoms. The van der Waals surface area contributed by atoms with E-state index in [4.69, 9.17) is 4.74 Å². The van der Waals surface area contributed by atoms with Crippen LogP contribution in [-0.2, 0) is 13.1 Å². The third-order valence-electron chi connectivity index (χ3n) is 4.92. The van der Waals surface area contributed by atoms with Crippen LogP contribution in [0.15, 0.2) is 53.6 Å². The molecule has 1 aliphatic carbocycles. The number of benzene rings is 1. The van der Waals surface area contributed by atoms with Crippen molar-refractivity contribution >= 4 is 6.03 Å². The lowest BCUT2D eigenvalue weighted by molar-refractivity contribution is 0.240. The Morgan fingerprint density at radius 3 is 2.67 bits per heavy atom. The molecular weight excluding hydrogens is 384 g/mol. The van der Waals surface area contributed by atoms with Crippen LogP contribution in [0.2, 0.25) is 0 Å². The van der Waals surface area contributed by atoms with E-state index in [9.17, 15) is 9.59 Å². The number of aromatic nitrogens is 4. The Morgan fingerprint density at radius 2 is 2.00 bits per heavy atom. The molecule has 3 aromatic rings. The van der Waals surface area contributed by atoms with Crippen LogP contribution in [0.4, 0.5) is 4.79 Å². The zero-order valence-electron chi connectivity index (χ0n) is 16.7. The molecule has 0 unspecified atom stereocenters. The van der Waals surface area contributed by atoms with Crippen molar-refractivity contribution in [3.63, 3.8) is 0 Å². The minimum absolute atomic E-state index is 0.156. The van der Waals surface area contributed by atoms with Crippen LogP contribution >= 0.6 is 0 Å². The predicted molar refractivity (Wildman–Crippen MR) is 111 cm³/mol. The number of nitrogens with one attached hydrogen (secondary N) is 2. The fourth-order valence-electron chi connectivity index (χ4n) is 3.18. The SMILES string of the molecule is COc1ccc(CNC(=O)NCCn2nc(-c3cccnc3)n(C3CC3)c2=O)cc1. The van der Waals surface area contributed by atoms with Gasteiger partial charge in [0.25, 0.3) is 0 Å². The average Bonchev–Trinajstić information content (AvgIpc) is 3.57. The molecule has 2 heterocycles. The summed E-state index contributed by atoms with van der Waals surface area (Å²) < 4.78 is 8.26. The standard InChI is InChI=1S/C21H24N6O3/c1-30-18-8-4-15(5-9-18)13-24-20(28)23-11-12-26-21(29)27(17-6-7-17)19(25-26)16-3-2-10-22-14-16/h2-5,8-10,14,17H,6-7,11-13H2,1H3,(H2,23,24,28). The molecule has 0 atom stereocenters. The number of rotatable bonds is 8. The summed E-state index contributed by atoms with van der Waals surface area (Å²) in [7, 11) is 1.61. The maximum atomic E-state index is 12.8. The number of amides is 2. The van der Waals surface area contributed by atoms with Gasteiger partial charge in [-0.25, -0.2) is 14.3 Å². The van der Waals surface area contributed by atoms with Crippen LogP contribution in [0.3, 0.4) is 0 Å². The maximum Gasteiger partial charge on any atom is 0.346 e. The molecule has 2 amide bonds. The highest BCUT2D eigenvalue weighted by molar-refractivity contribution is 5.73. The number of urea groups is 1. The van der Waals surface area contributed by atoms with Crippen molar-refractivity contribution in [1.29, 1.82) is 0 Å². The normalized spacial score (nSPS) is 13.1. The largest absolute Gasteiger partial charge is 0.497 e. The molecule has 1 aromatic carbocycles. The van der Waals surface area contributed by atoms with E-state index in [1.807, 2.05) is 36.4 Å². The van der Waals surface area contributed by atoms with Crippen molar-refractivity contribution in [1.82, 2.24) is 30.0 Å². The Morgan fingerprint density at radius 1 is 1.20 bits per heavy atom. The van der Waals surface area contributed by atoms with Gasteiger partial charge in [0.15, 0.2) is 5.82 Å². The monoisotopic (exact) mass is 408 g/mol. The lowest BCUT2D eigenvalue weighted by Crippen LogP contribution is -2.38. The number of nitrogens with zero attached hydrogens (tertiary/aromatic N) is 4. The summed E-state index contributed by atoms with van der Waals surface area (Å²) in [5, 5.41) is 10.1. The fraction of sp³-hybridized carbons (Fsp3) is 0.333. The van der Waals surface area contributed by atoms with E-state index in [0.29, 0.717) is 25.5 Å². The molecule has 2 N–H and O–H groups in total. The summed E-state index contributed by atoms with van der Waals surface area (Å²) in [6.07, 6.45) is 5.35. The minimum atomic E-state index is -0.298. The Bertz CT molecular complexity index is 1050. The van der Waals surface area contributed by atoms with Gasteiger partial charge in [-0.3, -0.25) is 9.55 Å². The first kappa shape index (κ1) is 19.7. The topological polar surface area (TPSA) is 103 Å². The van der Waals surface area contributed by atoms with Gasteiger partial charge in [0.05, 0.1) is 13.7 Å². The molecule has 0 aliphatic heterocycles. The quantitative estimate of drug-likeness (QED) is 0.593. The van der Waals surface area contributed by atoms with Gasteiger partial charge in [0.1, 0.15) is 5.75 Å². The van der Waals surface area contributed by atoms with Crippen LogP contribution in [0.25, 0.3) is 11.4 Å². The minimum Gasteiger partial charge on any atom is -0.497 e. The van der Waals surface area contributed by atoms with Crippen molar-refractivity contribution < 1.29 is 9.53 Å². The summed E-state index contributed by atoms with van der Waals surface area (Å²) in [6, 6.07) is 11.1. The maximum absolute atomic E-state index is 12.8. The lowest BCUT2D eigenvalue weighted by atomic mass is 10.2. The smallest absolute Gasteiger partial charge is 0.346 e. The molecule has 4 rings (SSSR count). The van der Waals surface area contributed by atoms with E-state index in [2.05, 4.69) is 20.7 Å². The van der Waals surface area contributed by atoms with Crippen molar-refractivity contribution in [2.24, 2.45) is 0 Å². The molecule has 1 aliphatic rings. The number of methoxy groups -OCH3 is 1. The summed E-state index contributed by atoms with van der Waals surface area (Å²) in [5.41, 5.74) is 1.62. The number of carbonyl (C=O) groups is 1. The number of pyridine rings is 1. The summed E-state index contributed by atoms with van der Waals surface area (Å²) >= 11 is 0. The Balaban J connectivity index is 1.33. The average molecular weight is 408 g/mol. The van der Waals surface area contributed by atoms with Gasteiger partial charge in [0, 0.05) is 37.1 Å². The van der Waals surface area contributed by atoms with E-state index in [0.717, 1.165) is 29.7 Å². The van der Waals surface area contributed by atoms with Crippen molar-refractivity contribution in [3.8, 4) is 17.1 Å². The van der Waals surface area contributed by atoms with E-state index in [-0.39, 0.29) is 17.8 Å². The zero-order valence-corrected chi connectivity index (χ0v) is 16.7. The first-order valence-corrected chi connectivity index (χ1v) is 9.90. The van der Waals surface area contributed by atoms with E-state index in [1.165, 1.54) is 4.68 Å². The van der Waals surface area contributed by atoms with Crippen molar-refractivity contribution in [3.05, 3.63) is 64.8 Å². The van der Waals surface area contributed by atoms with Crippen LogP contribution < -0.4 is 21.1 Å². The van der Waals surface area contributed by atoms with Crippen LogP contribution in [0.1, 0.15) is 24.4 Å². The molecule has 1 fully saturated rings. The van der Waals surface area contributed by atoms with Gasteiger partial charge in [-0.05, 0) is 42.7 Å². The third kappa shape index (κ3) is 4.51. The van der Waals surface area contributed by atoms with E-state index in [1.54, 1.807) is 24.1 Å². The molecule has 9 nitrogen and oxygen atoms in total. The summed E-state index contributed by atoms with van der Waals surface area (Å²) in [6.45, 7) is 0.988. The van der Waals surface area contributed by atoms with Crippen LogP contribution in [-0.4, -0.2) is 39.0 Å². The molecule has 156 valence electrons. The molecule has 0 saturated heterocycles. The molecule has 9 heteroatoms. The first-order valence-electron chi connectivity index (χ1n) is 9.90. The van der Waals surface area contributed by atoms with Crippen molar-refractivity contribution in [2.45, 2.75) is 32.0 Å². The molecule has 1 saturated carbocycles. The Labute approximate surface area is 173 Å². The highest BCUT2D eigenvalue weighted by Crippen LogP contribution is 2.36. The Kier molecular flexibility index (Phi) is 5.78. The van der Waals surface area contributed by atoms with Gasteiger partial charge in [-0.2, -0.15) is 0 Å². The molecule has 0 radical (unpaired) electrons. The zero-order chi connectivity index (χ0) is 20.9. The second-order valence-corrected chi connectivity index (χ2v) is 7.13. The molecule has 2 aromatic heterocycles. The van der Waals surface area contributed by atoms with Crippen LogP contribution in [0.5, 0.6) is 5.75 Å². The van der Waals surface area contributed by atoms with Gasteiger partial charge in [0.2, 0.25) is 0 Å². The highest BCUT2D eigenvalue weighted by Gasteiger charge is 2.30. The predicted octanol–water partition coefficient (Wildman–Crippen LogP) is 1.95. The number of hydrogen-bond acceptors (Lipinski definition) is 5. The van der Waals surface area contributed by atoms with Gasteiger partial charge < -0.3 is 15.4 Å². The van der Waals surface area contributed by atoms with Crippen LogP contribution in [0, 0.1) is 0 Å². The second kappa shape index (κ2) is 8.81.